The van der Waals surface area contributed by atoms with E-state index in [9.17, 15) is 0 Å². The number of nitrogens with one attached hydrogen (secondary N) is 1. The topological polar surface area (TPSA) is 90.9 Å². The standard InChI is InChI=1S/C23H24N6O/c24-20-4-6-22(18-14-27-29(15-18)19-7-10-30-11-8-19)28-23(20)26-13-16-3-5-21-17(12-16)2-1-9-25-21/h1-6,9,12,14-15,19H,7-8,10-11,13,24H2,(H,26,28). The summed E-state index contributed by atoms with van der Waals surface area (Å²) >= 11 is 0. The average molecular weight is 400 g/mol. The molecule has 0 aliphatic carbocycles. The van der Waals surface area contributed by atoms with Crippen LogP contribution in [0.3, 0.4) is 0 Å². The molecule has 3 N–H and O–H groups in total. The van der Waals surface area contributed by atoms with E-state index in [-0.39, 0.29) is 0 Å². The predicted octanol–water partition coefficient (Wildman–Crippen LogP) is 4.04. The molecule has 7 heteroatoms. The monoisotopic (exact) mass is 400 g/mol. The Morgan fingerprint density at radius 2 is 2.03 bits per heavy atom. The molecule has 1 aromatic carbocycles. The van der Waals surface area contributed by atoms with Crippen molar-refractivity contribution < 1.29 is 4.74 Å². The molecule has 0 amide bonds. The van der Waals surface area contributed by atoms with Crippen molar-refractivity contribution in [1.82, 2.24) is 19.7 Å². The lowest BCUT2D eigenvalue weighted by molar-refractivity contribution is 0.0662. The zero-order valence-electron chi connectivity index (χ0n) is 16.7. The van der Waals surface area contributed by atoms with Gasteiger partial charge < -0.3 is 15.8 Å². The summed E-state index contributed by atoms with van der Waals surface area (Å²) in [7, 11) is 0. The van der Waals surface area contributed by atoms with E-state index in [0.717, 1.165) is 53.8 Å². The van der Waals surface area contributed by atoms with E-state index in [1.54, 1.807) is 6.20 Å². The Balaban J connectivity index is 1.33. The van der Waals surface area contributed by atoms with Gasteiger partial charge in [-0.15, -0.1) is 0 Å². The summed E-state index contributed by atoms with van der Waals surface area (Å²) in [5.74, 6) is 0.678. The van der Waals surface area contributed by atoms with Gasteiger partial charge in [-0.3, -0.25) is 9.67 Å². The molecule has 7 nitrogen and oxygen atoms in total. The largest absolute Gasteiger partial charge is 0.396 e. The van der Waals surface area contributed by atoms with E-state index < -0.39 is 0 Å². The molecule has 4 heterocycles. The minimum atomic E-state index is 0.390. The van der Waals surface area contributed by atoms with Crippen LogP contribution in [-0.4, -0.2) is 33.0 Å². The Kier molecular flexibility index (Phi) is 5.03. The molecule has 1 aliphatic heterocycles. The zero-order valence-corrected chi connectivity index (χ0v) is 16.7. The summed E-state index contributed by atoms with van der Waals surface area (Å²) in [6.07, 6.45) is 7.72. The molecule has 0 radical (unpaired) electrons. The highest BCUT2D eigenvalue weighted by molar-refractivity contribution is 5.79. The van der Waals surface area contributed by atoms with E-state index in [1.165, 1.54) is 0 Å². The number of rotatable bonds is 5. The summed E-state index contributed by atoms with van der Waals surface area (Å²) < 4.78 is 7.48. The van der Waals surface area contributed by atoms with Crippen molar-refractivity contribution in [2.24, 2.45) is 0 Å². The molecule has 1 aliphatic rings. The van der Waals surface area contributed by atoms with Crippen LogP contribution in [0.1, 0.15) is 24.4 Å². The second-order valence-corrected chi connectivity index (χ2v) is 7.57. The smallest absolute Gasteiger partial charge is 0.150 e. The van der Waals surface area contributed by atoms with Gasteiger partial charge in [0.15, 0.2) is 0 Å². The van der Waals surface area contributed by atoms with Crippen molar-refractivity contribution in [1.29, 1.82) is 0 Å². The molecule has 4 aromatic rings. The number of anilines is 2. The van der Waals surface area contributed by atoms with E-state index in [4.69, 9.17) is 15.5 Å². The fraction of sp³-hybridized carbons (Fsp3) is 0.261. The summed E-state index contributed by atoms with van der Waals surface area (Å²) in [4.78, 5) is 9.12. The molecular formula is C23H24N6O. The van der Waals surface area contributed by atoms with E-state index >= 15 is 0 Å². The van der Waals surface area contributed by atoms with E-state index in [1.807, 2.05) is 35.1 Å². The maximum absolute atomic E-state index is 6.17. The molecule has 1 saturated heterocycles. The molecule has 0 atom stereocenters. The molecule has 0 bridgehead atoms. The molecule has 0 saturated carbocycles. The first-order valence-electron chi connectivity index (χ1n) is 10.2. The van der Waals surface area contributed by atoms with Gasteiger partial charge in [0.1, 0.15) is 5.82 Å². The van der Waals surface area contributed by atoms with Gasteiger partial charge in [0.2, 0.25) is 0 Å². The van der Waals surface area contributed by atoms with Crippen LogP contribution >= 0.6 is 0 Å². The summed E-state index contributed by atoms with van der Waals surface area (Å²) in [5.41, 5.74) is 10.8. The lowest BCUT2D eigenvalue weighted by Crippen LogP contribution is -2.19. The first-order valence-corrected chi connectivity index (χ1v) is 10.2. The normalized spacial score (nSPS) is 14.8. The summed E-state index contributed by atoms with van der Waals surface area (Å²) in [5, 5.41) is 9.05. The number of nitrogens with two attached hydrogens (primary N) is 1. The number of benzene rings is 1. The maximum Gasteiger partial charge on any atom is 0.150 e. The number of hydrogen-bond donors (Lipinski definition) is 2. The third-order valence-corrected chi connectivity index (χ3v) is 5.52. The second-order valence-electron chi connectivity index (χ2n) is 7.57. The van der Waals surface area contributed by atoms with Gasteiger partial charge in [0.25, 0.3) is 0 Å². The third-order valence-electron chi connectivity index (χ3n) is 5.52. The third kappa shape index (κ3) is 3.84. The molecule has 30 heavy (non-hydrogen) atoms. The average Bonchev–Trinajstić information content (AvgIpc) is 3.29. The highest BCUT2D eigenvalue weighted by atomic mass is 16.5. The first kappa shape index (κ1) is 18.6. The highest BCUT2D eigenvalue weighted by Crippen LogP contribution is 2.26. The summed E-state index contributed by atoms with van der Waals surface area (Å²) in [6.45, 7) is 2.21. The van der Waals surface area contributed by atoms with Gasteiger partial charge in [-0.05, 0) is 48.7 Å². The van der Waals surface area contributed by atoms with Crippen LogP contribution < -0.4 is 11.1 Å². The molecule has 0 spiro atoms. The molecule has 152 valence electrons. The molecule has 3 aromatic heterocycles. The van der Waals surface area contributed by atoms with Gasteiger partial charge in [-0.1, -0.05) is 12.1 Å². The van der Waals surface area contributed by atoms with Crippen molar-refractivity contribution in [2.45, 2.75) is 25.4 Å². The predicted molar refractivity (Wildman–Crippen MR) is 118 cm³/mol. The van der Waals surface area contributed by atoms with Gasteiger partial charge >= 0.3 is 0 Å². The van der Waals surface area contributed by atoms with Crippen LogP contribution in [0, 0.1) is 0 Å². The highest BCUT2D eigenvalue weighted by Gasteiger charge is 2.17. The van der Waals surface area contributed by atoms with Crippen molar-refractivity contribution in [2.75, 3.05) is 24.3 Å². The minimum Gasteiger partial charge on any atom is -0.396 e. The van der Waals surface area contributed by atoms with E-state index in [0.29, 0.717) is 24.1 Å². The summed E-state index contributed by atoms with van der Waals surface area (Å²) in [6, 6.07) is 14.5. The molecule has 0 unspecified atom stereocenters. The van der Waals surface area contributed by atoms with E-state index in [2.05, 4.69) is 39.8 Å². The van der Waals surface area contributed by atoms with Gasteiger partial charge in [0, 0.05) is 43.1 Å². The number of hydrogen-bond acceptors (Lipinski definition) is 6. The number of nitrogens with zero attached hydrogens (tertiary/aromatic N) is 4. The Morgan fingerprint density at radius 3 is 2.93 bits per heavy atom. The lowest BCUT2D eigenvalue weighted by Gasteiger charge is -2.22. The molecular weight excluding hydrogens is 376 g/mol. The zero-order chi connectivity index (χ0) is 20.3. The number of fused-ring (bicyclic) bond motifs is 1. The van der Waals surface area contributed by atoms with Crippen molar-refractivity contribution >= 4 is 22.4 Å². The van der Waals surface area contributed by atoms with Crippen molar-refractivity contribution in [3.8, 4) is 11.3 Å². The number of aromatic nitrogens is 4. The first-order chi connectivity index (χ1) is 14.8. The van der Waals surface area contributed by atoms with Gasteiger partial charge in [-0.2, -0.15) is 5.10 Å². The Morgan fingerprint density at radius 1 is 1.13 bits per heavy atom. The van der Waals surface area contributed by atoms with Gasteiger partial charge in [-0.25, -0.2) is 4.98 Å². The van der Waals surface area contributed by atoms with Crippen molar-refractivity contribution in [3.05, 3.63) is 66.6 Å². The fourth-order valence-corrected chi connectivity index (χ4v) is 3.81. The van der Waals surface area contributed by atoms with Crippen LogP contribution in [0.2, 0.25) is 0 Å². The van der Waals surface area contributed by atoms with Gasteiger partial charge in [0.05, 0.1) is 29.1 Å². The molecule has 5 rings (SSSR count). The quantitative estimate of drug-likeness (QED) is 0.525. The molecule has 1 fully saturated rings. The number of pyridine rings is 2. The number of nitrogen functional groups attached to an aromatic ring is 1. The van der Waals surface area contributed by atoms with Crippen LogP contribution in [0.25, 0.3) is 22.2 Å². The Labute approximate surface area is 174 Å². The Hall–Kier alpha value is -3.45. The SMILES string of the molecule is Nc1ccc(-c2cnn(C3CCOCC3)c2)nc1NCc1ccc2ncccc2c1. The maximum atomic E-state index is 6.17. The fourth-order valence-electron chi connectivity index (χ4n) is 3.81. The lowest BCUT2D eigenvalue weighted by atomic mass is 10.1. The Bertz CT molecular complexity index is 1170. The van der Waals surface area contributed by atoms with Crippen LogP contribution in [0.4, 0.5) is 11.5 Å². The minimum absolute atomic E-state index is 0.390. The van der Waals surface area contributed by atoms with Crippen LogP contribution in [-0.2, 0) is 11.3 Å². The van der Waals surface area contributed by atoms with Crippen molar-refractivity contribution in [3.63, 3.8) is 0 Å². The van der Waals surface area contributed by atoms with Crippen LogP contribution in [0.15, 0.2) is 61.1 Å². The van der Waals surface area contributed by atoms with Crippen LogP contribution in [0.5, 0.6) is 0 Å². The number of ether oxygens (including phenoxy) is 1. The second kappa shape index (κ2) is 8.12.